The molecule has 0 saturated carbocycles. The first kappa shape index (κ1) is 21.1. The molecule has 1 fully saturated rings. The molecule has 2 N–H and O–H groups in total. The molecule has 0 radical (unpaired) electrons. The topological polar surface area (TPSA) is 96.4 Å². The van der Waals surface area contributed by atoms with Gasteiger partial charge in [-0.1, -0.05) is 41.0 Å². The summed E-state index contributed by atoms with van der Waals surface area (Å²) in [6.07, 6.45) is 0.268. The van der Waals surface area contributed by atoms with Crippen LogP contribution in [0, 0.1) is 11.3 Å². The number of ether oxygens (including phenoxy) is 1. The van der Waals surface area contributed by atoms with Crippen LogP contribution in [0.25, 0.3) is 0 Å². The Morgan fingerprint density at radius 1 is 1.31 bits per heavy atom. The van der Waals surface area contributed by atoms with Crippen LogP contribution in [0.15, 0.2) is 53.1 Å². The second kappa shape index (κ2) is 8.78. The number of thioether (sulfide) groups is 1. The van der Waals surface area contributed by atoms with E-state index in [0.29, 0.717) is 27.0 Å². The van der Waals surface area contributed by atoms with Gasteiger partial charge in [0.1, 0.15) is 22.4 Å². The van der Waals surface area contributed by atoms with E-state index in [9.17, 15) is 14.9 Å². The SMILES string of the molecule is COc1cccc(N2C(=O)[C@@H](Cc3cc(Cl)ccc3Cl)S/C2=C(/C#N)C(N)=O)c1. The highest BCUT2D eigenvalue weighted by molar-refractivity contribution is 8.05. The third kappa shape index (κ3) is 4.35. The van der Waals surface area contributed by atoms with E-state index in [1.54, 1.807) is 42.5 Å². The number of halogens is 2. The van der Waals surface area contributed by atoms with E-state index in [1.807, 2.05) is 6.07 Å². The van der Waals surface area contributed by atoms with Crippen molar-refractivity contribution in [2.75, 3.05) is 12.0 Å². The molecule has 2 aromatic rings. The molecule has 1 heterocycles. The Morgan fingerprint density at radius 3 is 2.72 bits per heavy atom. The third-order valence-electron chi connectivity index (χ3n) is 4.25. The van der Waals surface area contributed by atoms with Crippen molar-refractivity contribution in [1.82, 2.24) is 0 Å². The molecular weight excluding hydrogens is 433 g/mol. The number of hydrogen-bond acceptors (Lipinski definition) is 5. The summed E-state index contributed by atoms with van der Waals surface area (Å²) in [6, 6.07) is 13.6. The van der Waals surface area contributed by atoms with E-state index in [4.69, 9.17) is 33.7 Å². The van der Waals surface area contributed by atoms with Gasteiger partial charge >= 0.3 is 0 Å². The largest absolute Gasteiger partial charge is 0.497 e. The van der Waals surface area contributed by atoms with Crippen LogP contribution in [0.4, 0.5) is 5.69 Å². The monoisotopic (exact) mass is 447 g/mol. The van der Waals surface area contributed by atoms with Crippen LogP contribution in [0.5, 0.6) is 5.75 Å². The number of rotatable bonds is 5. The van der Waals surface area contributed by atoms with Crippen LogP contribution >= 0.6 is 35.0 Å². The lowest BCUT2D eigenvalue weighted by Gasteiger charge is -2.19. The van der Waals surface area contributed by atoms with Gasteiger partial charge < -0.3 is 10.5 Å². The van der Waals surface area contributed by atoms with Crippen LogP contribution in [-0.4, -0.2) is 24.2 Å². The van der Waals surface area contributed by atoms with Gasteiger partial charge in [-0.3, -0.25) is 14.5 Å². The molecule has 1 saturated heterocycles. The molecule has 2 amide bonds. The Morgan fingerprint density at radius 2 is 2.07 bits per heavy atom. The molecule has 3 rings (SSSR count). The fraction of sp³-hybridized carbons (Fsp3) is 0.150. The summed E-state index contributed by atoms with van der Waals surface area (Å²) in [4.78, 5) is 26.4. The molecule has 0 aliphatic carbocycles. The number of methoxy groups -OCH3 is 1. The number of benzene rings is 2. The highest BCUT2D eigenvalue weighted by atomic mass is 35.5. The lowest BCUT2D eigenvalue weighted by molar-refractivity contribution is -0.117. The number of anilines is 1. The molecule has 0 spiro atoms. The second-order valence-electron chi connectivity index (χ2n) is 6.08. The maximum Gasteiger partial charge on any atom is 0.262 e. The van der Waals surface area contributed by atoms with Gasteiger partial charge in [0.05, 0.1) is 18.0 Å². The molecule has 1 atom stereocenters. The molecule has 9 heteroatoms. The second-order valence-corrected chi connectivity index (χ2v) is 8.11. The van der Waals surface area contributed by atoms with Gasteiger partial charge in [-0.2, -0.15) is 5.26 Å². The van der Waals surface area contributed by atoms with Crippen molar-refractivity contribution in [3.8, 4) is 11.8 Å². The smallest absolute Gasteiger partial charge is 0.262 e. The minimum atomic E-state index is -0.905. The molecule has 148 valence electrons. The number of primary amides is 1. The van der Waals surface area contributed by atoms with E-state index in [1.165, 1.54) is 12.0 Å². The van der Waals surface area contributed by atoms with E-state index in [2.05, 4.69) is 0 Å². The van der Waals surface area contributed by atoms with Gasteiger partial charge in [-0.25, -0.2) is 0 Å². The van der Waals surface area contributed by atoms with Crippen molar-refractivity contribution in [3.05, 3.63) is 68.7 Å². The zero-order chi connectivity index (χ0) is 21.1. The number of nitrogens with two attached hydrogens (primary N) is 1. The van der Waals surface area contributed by atoms with Crippen LogP contribution in [-0.2, 0) is 16.0 Å². The zero-order valence-electron chi connectivity index (χ0n) is 15.2. The van der Waals surface area contributed by atoms with Crippen molar-refractivity contribution in [2.24, 2.45) is 5.73 Å². The average molecular weight is 448 g/mol. The summed E-state index contributed by atoms with van der Waals surface area (Å²) in [5, 5.41) is 9.98. The standard InChI is InChI=1S/C20H15Cl2N3O3S/c1-28-14-4-2-3-13(9-14)25-19(27)17(29-20(25)15(10-23)18(24)26)8-11-7-12(21)5-6-16(11)22/h2-7,9,17H,8H2,1H3,(H2,24,26)/b20-15-/t17-/m1/s1. The normalized spacial score (nSPS) is 17.8. The van der Waals surface area contributed by atoms with Crippen molar-refractivity contribution in [1.29, 1.82) is 5.26 Å². The third-order valence-corrected chi connectivity index (χ3v) is 6.12. The lowest BCUT2D eigenvalue weighted by atomic mass is 10.1. The van der Waals surface area contributed by atoms with Crippen LogP contribution < -0.4 is 15.4 Å². The Kier molecular flexibility index (Phi) is 6.38. The Labute approximate surface area is 181 Å². The number of nitriles is 1. The molecule has 6 nitrogen and oxygen atoms in total. The van der Waals surface area contributed by atoms with Crippen molar-refractivity contribution >= 4 is 52.5 Å². The first-order valence-corrected chi connectivity index (χ1v) is 10.0. The Bertz CT molecular complexity index is 1070. The van der Waals surface area contributed by atoms with Gasteiger partial charge in [0.15, 0.2) is 0 Å². The van der Waals surface area contributed by atoms with Gasteiger partial charge in [-0.15, -0.1) is 0 Å². The van der Waals surface area contributed by atoms with E-state index in [-0.39, 0.29) is 22.9 Å². The van der Waals surface area contributed by atoms with Gasteiger partial charge in [0.2, 0.25) is 5.91 Å². The molecule has 0 bridgehead atoms. The highest BCUT2D eigenvalue weighted by Crippen LogP contribution is 2.43. The number of nitrogens with zero attached hydrogens (tertiary/aromatic N) is 2. The Balaban J connectivity index is 2.07. The van der Waals surface area contributed by atoms with Crippen molar-refractivity contribution in [3.63, 3.8) is 0 Å². The first-order chi connectivity index (χ1) is 13.8. The van der Waals surface area contributed by atoms with Crippen LogP contribution in [0.1, 0.15) is 5.56 Å². The molecule has 0 unspecified atom stereocenters. The average Bonchev–Trinajstić information content (AvgIpc) is 3.01. The highest BCUT2D eigenvalue weighted by Gasteiger charge is 2.40. The molecule has 1 aliphatic rings. The predicted molar refractivity (Wildman–Crippen MR) is 114 cm³/mol. The van der Waals surface area contributed by atoms with Crippen LogP contribution in [0.2, 0.25) is 10.0 Å². The van der Waals surface area contributed by atoms with E-state index < -0.39 is 11.2 Å². The fourth-order valence-corrected chi connectivity index (χ4v) is 4.58. The minimum Gasteiger partial charge on any atom is -0.497 e. The number of hydrogen-bond donors (Lipinski definition) is 1. The van der Waals surface area contributed by atoms with Crippen molar-refractivity contribution < 1.29 is 14.3 Å². The lowest BCUT2D eigenvalue weighted by Crippen LogP contribution is -2.31. The molecule has 0 aromatic heterocycles. The quantitative estimate of drug-likeness (QED) is 0.553. The summed E-state index contributed by atoms with van der Waals surface area (Å²) in [5.41, 5.74) is 6.24. The molecule has 29 heavy (non-hydrogen) atoms. The van der Waals surface area contributed by atoms with E-state index in [0.717, 1.165) is 11.8 Å². The number of carbonyl (C=O) groups is 2. The van der Waals surface area contributed by atoms with Crippen LogP contribution in [0.3, 0.4) is 0 Å². The summed E-state index contributed by atoms with van der Waals surface area (Å²) in [5.74, 6) is -0.681. The molecule has 1 aliphatic heterocycles. The fourth-order valence-electron chi connectivity index (χ4n) is 2.88. The van der Waals surface area contributed by atoms with Gasteiger partial charge in [-0.05, 0) is 42.3 Å². The predicted octanol–water partition coefficient (Wildman–Crippen LogP) is 3.91. The zero-order valence-corrected chi connectivity index (χ0v) is 17.5. The van der Waals surface area contributed by atoms with E-state index >= 15 is 0 Å². The summed E-state index contributed by atoms with van der Waals surface area (Å²) in [7, 11) is 1.50. The molecular formula is C20H15Cl2N3O3S. The Hall–Kier alpha value is -2.66. The van der Waals surface area contributed by atoms with Gasteiger partial charge in [0.25, 0.3) is 5.91 Å². The maximum absolute atomic E-state index is 13.3. The summed E-state index contributed by atoms with van der Waals surface area (Å²) < 4.78 is 5.22. The van der Waals surface area contributed by atoms with Crippen molar-refractivity contribution in [2.45, 2.75) is 11.7 Å². The number of carbonyl (C=O) groups excluding carboxylic acids is 2. The van der Waals surface area contributed by atoms with Gasteiger partial charge in [0, 0.05) is 16.1 Å². The molecule has 2 aromatic carbocycles. The number of amides is 2. The minimum absolute atomic E-state index is 0.182. The summed E-state index contributed by atoms with van der Waals surface area (Å²) in [6.45, 7) is 0. The summed E-state index contributed by atoms with van der Waals surface area (Å²) >= 11 is 13.4. The first-order valence-electron chi connectivity index (χ1n) is 8.38. The maximum atomic E-state index is 13.3.